The van der Waals surface area contributed by atoms with E-state index in [2.05, 4.69) is 53.4 Å². The fourth-order valence-corrected chi connectivity index (χ4v) is 4.69. The molecule has 0 bridgehead atoms. The number of rotatable bonds is 7. The van der Waals surface area contributed by atoms with Gasteiger partial charge in [-0.2, -0.15) is 0 Å². The van der Waals surface area contributed by atoms with Crippen LogP contribution in [0.5, 0.6) is 11.5 Å². The molecule has 1 amide bonds. The third-order valence-corrected chi connectivity index (χ3v) is 6.86. The summed E-state index contributed by atoms with van der Waals surface area (Å²) < 4.78 is 16.9. The molecular formula is C30H27N3O4S. The first-order chi connectivity index (χ1) is 18.4. The van der Waals surface area contributed by atoms with E-state index >= 15 is 0 Å². The van der Waals surface area contributed by atoms with E-state index in [1.165, 1.54) is 16.9 Å². The molecule has 2 heterocycles. The second-order valence-electron chi connectivity index (χ2n) is 8.92. The van der Waals surface area contributed by atoms with Crippen LogP contribution in [-0.4, -0.2) is 25.1 Å². The number of fused-ring (bicyclic) bond motifs is 1. The van der Waals surface area contributed by atoms with Crippen LogP contribution >= 0.6 is 11.3 Å². The van der Waals surface area contributed by atoms with Crippen LogP contribution in [0.2, 0.25) is 0 Å². The van der Waals surface area contributed by atoms with Gasteiger partial charge in [-0.3, -0.25) is 10.1 Å². The van der Waals surface area contributed by atoms with Crippen LogP contribution in [0.4, 0.5) is 10.8 Å². The number of nitrogens with one attached hydrogen (secondary N) is 1. The molecule has 5 rings (SSSR count). The molecule has 3 aromatic carbocycles. The highest BCUT2D eigenvalue weighted by Crippen LogP contribution is 2.28. The minimum absolute atomic E-state index is 0.158. The zero-order chi connectivity index (χ0) is 26.6. The van der Waals surface area contributed by atoms with E-state index in [0.29, 0.717) is 39.2 Å². The first kappa shape index (κ1) is 25.2. The second kappa shape index (κ2) is 10.9. The van der Waals surface area contributed by atoms with Crippen molar-refractivity contribution in [3.05, 3.63) is 94.9 Å². The van der Waals surface area contributed by atoms with Gasteiger partial charge in [0.25, 0.3) is 5.91 Å². The number of benzene rings is 3. The Balaban J connectivity index is 1.52. The van der Waals surface area contributed by atoms with Crippen molar-refractivity contribution in [2.24, 2.45) is 4.99 Å². The number of aromatic nitrogens is 1. The summed E-state index contributed by atoms with van der Waals surface area (Å²) in [5.41, 5.74) is 4.58. The Kier molecular flexibility index (Phi) is 7.24. The maximum Gasteiger partial charge on any atom is 0.262 e. The van der Waals surface area contributed by atoms with Crippen LogP contribution in [0.25, 0.3) is 22.2 Å². The molecular weight excluding hydrogens is 498 g/mol. The van der Waals surface area contributed by atoms with Crippen LogP contribution < -0.4 is 20.3 Å². The zero-order valence-electron chi connectivity index (χ0n) is 21.5. The number of carbonyl (C=O) groups excluding carboxylic acids is 1. The molecule has 0 aliphatic carbocycles. The number of nitrogens with zero attached hydrogens (tertiary/aromatic N) is 2. The predicted molar refractivity (Wildman–Crippen MR) is 151 cm³/mol. The number of hydrogen-bond donors (Lipinski definition) is 1. The molecule has 8 heteroatoms. The lowest BCUT2D eigenvalue weighted by molar-refractivity contribution is 0.102. The number of hydrogen-bond acceptors (Lipinski definition) is 7. The van der Waals surface area contributed by atoms with E-state index in [-0.39, 0.29) is 17.0 Å². The van der Waals surface area contributed by atoms with Crippen molar-refractivity contribution in [3.8, 4) is 22.8 Å². The Hall–Kier alpha value is -4.43. The summed E-state index contributed by atoms with van der Waals surface area (Å²) >= 11 is 1.36. The standard InChI is InChI=1S/C30H27N3O4S/c1-18(2)19-9-11-20(12-10-19)25-17-38-30(32-25)33-28(34)23-16-21-15-22(35-3)13-14-26(21)37-29(23)31-24-7-5-6-8-27(24)36-4/h5-18H,1-4H3,(H,32,33,34). The third kappa shape index (κ3) is 5.31. The molecule has 2 aromatic heterocycles. The number of para-hydroxylation sites is 2. The normalized spacial score (nSPS) is 11.7. The maximum atomic E-state index is 13.5. The molecule has 192 valence electrons. The monoisotopic (exact) mass is 525 g/mol. The third-order valence-electron chi connectivity index (χ3n) is 6.10. The second-order valence-corrected chi connectivity index (χ2v) is 9.78. The Morgan fingerprint density at radius 3 is 2.53 bits per heavy atom. The number of ether oxygens (including phenoxy) is 2. The molecule has 1 N–H and O–H groups in total. The topological polar surface area (TPSA) is 86.0 Å². The van der Waals surface area contributed by atoms with Crippen molar-refractivity contribution in [2.45, 2.75) is 19.8 Å². The Bertz CT molecular complexity index is 1670. The van der Waals surface area contributed by atoms with Crippen molar-refractivity contribution in [3.63, 3.8) is 0 Å². The quantitative estimate of drug-likeness (QED) is 0.243. The highest BCUT2D eigenvalue weighted by atomic mass is 32.1. The number of carbonyl (C=O) groups is 1. The van der Waals surface area contributed by atoms with Gasteiger partial charge in [-0.15, -0.1) is 11.3 Å². The molecule has 0 saturated carbocycles. The van der Waals surface area contributed by atoms with E-state index in [1.54, 1.807) is 44.6 Å². The van der Waals surface area contributed by atoms with Gasteiger partial charge in [0.2, 0.25) is 5.55 Å². The molecule has 0 aliphatic heterocycles. The van der Waals surface area contributed by atoms with Gasteiger partial charge in [-0.1, -0.05) is 50.2 Å². The molecule has 0 unspecified atom stereocenters. The summed E-state index contributed by atoms with van der Waals surface area (Å²) in [6, 6.07) is 22.7. The average molecular weight is 526 g/mol. The van der Waals surface area contributed by atoms with Crippen LogP contribution in [-0.2, 0) is 0 Å². The minimum atomic E-state index is -0.386. The summed E-state index contributed by atoms with van der Waals surface area (Å²) in [5, 5.41) is 6.02. The van der Waals surface area contributed by atoms with Crippen LogP contribution in [0.1, 0.15) is 35.7 Å². The van der Waals surface area contributed by atoms with Gasteiger partial charge in [0.15, 0.2) is 5.13 Å². The average Bonchev–Trinajstić information content (AvgIpc) is 3.41. The molecule has 5 aromatic rings. The fraction of sp³-hybridized carbons (Fsp3) is 0.167. The van der Waals surface area contributed by atoms with Crippen molar-refractivity contribution in [1.82, 2.24) is 4.98 Å². The molecule has 0 radical (unpaired) electrons. The lowest BCUT2D eigenvalue weighted by atomic mass is 10.0. The van der Waals surface area contributed by atoms with Gasteiger partial charge < -0.3 is 13.9 Å². The highest BCUT2D eigenvalue weighted by molar-refractivity contribution is 7.14. The summed E-state index contributed by atoms with van der Waals surface area (Å²) in [6.07, 6.45) is 0. The number of anilines is 1. The number of thiazole rings is 1. The van der Waals surface area contributed by atoms with E-state index in [4.69, 9.17) is 13.9 Å². The highest BCUT2D eigenvalue weighted by Gasteiger charge is 2.16. The van der Waals surface area contributed by atoms with Crippen LogP contribution in [0.3, 0.4) is 0 Å². The van der Waals surface area contributed by atoms with Gasteiger partial charge in [0.1, 0.15) is 28.3 Å². The van der Waals surface area contributed by atoms with Crippen molar-refractivity contribution < 1.29 is 18.7 Å². The van der Waals surface area contributed by atoms with Gasteiger partial charge in [0, 0.05) is 16.3 Å². The molecule has 38 heavy (non-hydrogen) atoms. The first-order valence-electron chi connectivity index (χ1n) is 12.1. The van der Waals surface area contributed by atoms with Gasteiger partial charge in [0.05, 0.1) is 19.9 Å². The number of amides is 1. The molecule has 0 aliphatic rings. The van der Waals surface area contributed by atoms with Crippen molar-refractivity contribution >= 4 is 39.0 Å². The number of methoxy groups -OCH3 is 2. The largest absolute Gasteiger partial charge is 0.497 e. The van der Waals surface area contributed by atoms with E-state index < -0.39 is 0 Å². The zero-order valence-corrected chi connectivity index (χ0v) is 22.3. The van der Waals surface area contributed by atoms with Gasteiger partial charge >= 0.3 is 0 Å². The lowest BCUT2D eigenvalue weighted by Gasteiger charge is -2.08. The van der Waals surface area contributed by atoms with Crippen molar-refractivity contribution in [2.75, 3.05) is 19.5 Å². The SMILES string of the molecule is COc1ccc2oc(=Nc3ccccc3OC)c(C(=O)Nc3nc(-c4ccc(C(C)C)cc4)cs3)cc2c1. The summed E-state index contributed by atoms with van der Waals surface area (Å²) in [5.74, 6) is 1.29. The van der Waals surface area contributed by atoms with E-state index in [9.17, 15) is 4.79 Å². The first-order valence-corrected chi connectivity index (χ1v) is 13.0. The molecule has 7 nitrogen and oxygen atoms in total. The lowest BCUT2D eigenvalue weighted by Crippen LogP contribution is -2.21. The minimum Gasteiger partial charge on any atom is -0.497 e. The Morgan fingerprint density at radius 2 is 1.79 bits per heavy atom. The van der Waals surface area contributed by atoms with E-state index in [0.717, 1.165) is 11.3 Å². The maximum absolute atomic E-state index is 13.5. The Labute approximate surface area is 224 Å². The molecule has 0 spiro atoms. The van der Waals surface area contributed by atoms with Crippen LogP contribution in [0, 0.1) is 0 Å². The summed E-state index contributed by atoms with van der Waals surface area (Å²) in [7, 11) is 3.16. The van der Waals surface area contributed by atoms with Crippen LogP contribution in [0.15, 0.2) is 87.6 Å². The summed E-state index contributed by atoms with van der Waals surface area (Å²) in [4.78, 5) is 22.8. The molecule has 0 atom stereocenters. The summed E-state index contributed by atoms with van der Waals surface area (Å²) in [6.45, 7) is 4.32. The predicted octanol–water partition coefficient (Wildman–Crippen LogP) is 7.18. The van der Waals surface area contributed by atoms with Gasteiger partial charge in [-0.05, 0) is 47.9 Å². The smallest absolute Gasteiger partial charge is 0.262 e. The fourth-order valence-electron chi connectivity index (χ4n) is 3.98. The Morgan fingerprint density at radius 1 is 1.00 bits per heavy atom. The molecule has 0 fully saturated rings. The molecule has 0 saturated heterocycles. The van der Waals surface area contributed by atoms with E-state index in [1.807, 2.05) is 23.6 Å². The van der Waals surface area contributed by atoms with Gasteiger partial charge in [-0.25, -0.2) is 9.98 Å². The van der Waals surface area contributed by atoms with Crippen molar-refractivity contribution in [1.29, 1.82) is 0 Å².